The monoisotopic (exact) mass is 318 g/mol. The van der Waals surface area contributed by atoms with Crippen molar-refractivity contribution < 1.29 is 0 Å². The van der Waals surface area contributed by atoms with E-state index in [1.165, 1.54) is 0 Å². The number of hydrogen-bond donors (Lipinski definition) is 0. The summed E-state index contributed by atoms with van der Waals surface area (Å²) in [7, 11) is 0. The number of benzene rings is 2. The summed E-state index contributed by atoms with van der Waals surface area (Å²) in [4.78, 5) is 1.75. The summed E-state index contributed by atoms with van der Waals surface area (Å²) >= 11 is 14.7. The normalized spacial score (nSPS) is 13.2. The first-order chi connectivity index (χ1) is 8.20. The van der Waals surface area contributed by atoms with Crippen LogP contribution in [0, 0.1) is 0 Å². The molecule has 0 saturated carbocycles. The minimum Gasteiger partial charge on any atom is -0.0787 e. The molecule has 0 amide bonds. The van der Waals surface area contributed by atoms with E-state index >= 15 is 0 Å². The standard InChI is InChI=1S/C14H7BrS2/c15-11-7-3-6-10-12(11)14(17)9-5-2-1-4-8(9)13(10)16/h1-7H. The molecule has 0 unspecified atom stereocenters. The van der Waals surface area contributed by atoms with Crippen molar-refractivity contribution in [3.8, 4) is 0 Å². The fraction of sp³-hybridized carbons (Fsp3) is 0. The highest BCUT2D eigenvalue weighted by atomic mass is 79.9. The van der Waals surface area contributed by atoms with Gasteiger partial charge in [0.15, 0.2) is 0 Å². The summed E-state index contributed by atoms with van der Waals surface area (Å²) in [6.45, 7) is 0. The molecule has 2 aromatic rings. The van der Waals surface area contributed by atoms with Crippen molar-refractivity contribution in [1.82, 2.24) is 0 Å². The number of rotatable bonds is 0. The topological polar surface area (TPSA) is 0 Å². The fourth-order valence-electron chi connectivity index (χ4n) is 2.10. The van der Waals surface area contributed by atoms with Crippen LogP contribution in [0.1, 0.15) is 22.3 Å². The van der Waals surface area contributed by atoms with Gasteiger partial charge in [0.2, 0.25) is 0 Å². The number of hydrogen-bond acceptors (Lipinski definition) is 2. The van der Waals surface area contributed by atoms with Gasteiger partial charge in [-0.05, 0) is 6.07 Å². The zero-order chi connectivity index (χ0) is 12.0. The molecule has 0 aliphatic heterocycles. The largest absolute Gasteiger partial charge is 0.0787 e. The van der Waals surface area contributed by atoms with Gasteiger partial charge in [-0.25, -0.2) is 0 Å². The van der Waals surface area contributed by atoms with Crippen molar-refractivity contribution >= 4 is 50.1 Å². The zero-order valence-corrected chi connectivity index (χ0v) is 12.0. The van der Waals surface area contributed by atoms with Crippen molar-refractivity contribution in [2.45, 2.75) is 0 Å². The highest BCUT2D eigenvalue weighted by molar-refractivity contribution is 9.10. The third kappa shape index (κ3) is 1.61. The van der Waals surface area contributed by atoms with Crippen LogP contribution in [0.5, 0.6) is 0 Å². The SMILES string of the molecule is S=C1c2ccccc2C(=S)c2c(Br)cccc21. The maximum Gasteiger partial charge on any atom is 0.0546 e. The van der Waals surface area contributed by atoms with Gasteiger partial charge in [-0.3, -0.25) is 0 Å². The van der Waals surface area contributed by atoms with Gasteiger partial charge in [-0.2, -0.15) is 0 Å². The van der Waals surface area contributed by atoms with Gasteiger partial charge in [0, 0.05) is 26.7 Å². The second-order valence-electron chi connectivity index (χ2n) is 3.87. The Morgan fingerprint density at radius 3 is 2.00 bits per heavy atom. The molecule has 0 nitrogen and oxygen atoms in total. The maximum absolute atomic E-state index is 5.57. The minimum absolute atomic E-state index is 0.872. The molecular formula is C14H7BrS2. The molecule has 3 heteroatoms. The van der Waals surface area contributed by atoms with E-state index in [-0.39, 0.29) is 0 Å². The Balaban J connectivity index is 2.37. The van der Waals surface area contributed by atoms with Crippen LogP contribution in [0.2, 0.25) is 0 Å². The molecule has 0 aromatic heterocycles. The van der Waals surface area contributed by atoms with Crippen LogP contribution in [-0.4, -0.2) is 9.73 Å². The van der Waals surface area contributed by atoms with Crippen LogP contribution < -0.4 is 0 Å². The van der Waals surface area contributed by atoms with Crippen LogP contribution in [0.3, 0.4) is 0 Å². The van der Waals surface area contributed by atoms with E-state index in [0.29, 0.717) is 0 Å². The predicted molar refractivity (Wildman–Crippen MR) is 82.2 cm³/mol. The van der Waals surface area contributed by atoms with Crippen LogP contribution in [0.15, 0.2) is 46.9 Å². The molecule has 0 spiro atoms. The molecule has 0 bridgehead atoms. The average Bonchev–Trinajstić information content (AvgIpc) is 2.36. The van der Waals surface area contributed by atoms with Gasteiger partial charge < -0.3 is 0 Å². The van der Waals surface area contributed by atoms with E-state index in [0.717, 1.165) is 36.5 Å². The molecule has 17 heavy (non-hydrogen) atoms. The van der Waals surface area contributed by atoms with E-state index in [1.54, 1.807) is 0 Å². The predicted octanol–water partition coefficient (Wildman–Crippen LogP) is 4.30. The third-order valence-electron chi connectivity index (χ3n) is 2.90. The Kier molecular flexibility index (Phi) is 2.69. The zero-order valence-electron chi connectivity index (χ0n) is 8.74. The molecule has 1 aliphatic carbocycles. The molecular weight excluding hydrogens is 312 g/mol. The Bertz CT molecular complexity index is 659. The molecule has 1 aliphatic rings. The van der Waals surface area contributed by atoms with Crippen molar-refractivity contribution in [3.05, 3.63) is 69.2 Å². The first-order valence-electron chi connectivity index (χ1n) is 5.17. The quantitative estimate of drug-likeness (QED) is 0.567. The lowest BCUT2D eigenvalue weighted by Crippen LogP contribution is -2.19. The summed E-state index contributed by atoms with van der Waals surface area (Å²) < 4.78 is 1.01. The molecule has 2 aromatic carbocycles. The van der Waals surface area contributed by atoms with E-state index < -0.39 is 0 Å². The summed E-state index contributed by atoms with van der Waals surface area (Å²) in [5.41, 5.74) is 4.23. The molecule has 0 fully saturated rings. The lowest BCUT2D eigenvalue weighted by molar-refractivity contribution is 1.50. The van der Waals surface area contributed by atoms with Gasteiger partial charge >= 0.3 is 0 Å². The van der Waals surface area contributed by atoms with E-state index in [9.17, 15) is 0 Å². The average molecular weight is 319 g/mol. The van der Waals surface area contributed by atoms with Gasteiger partial charge in [-0.1, -0.05) is 76.8 Å². The maximum atomic E-state index is 5.57. The lowest BCUT2D eigenvalue weighted by atomic mass is 9.86. The molecule has 82 valence electrons. The van der Waals surface area contributed by atoms with Crippen LogP contribution in [0.25, 0.3) is 0 Å². The number of halogens is 1. The van der Waals surface area contributed by atoms with E-state index in [1.807, 2.05) is 42.5 Å². The number of fused-ring (bicyclic) bond motifs is 2. The molecule has 3 rings (SSSR count). The van der Waals surface area contributed by atoms with E-state index in [2.05, 4.69) is 15.9 Å². The van der Waals surface area contributed by atoms with Crippen molar-refractivity contribution in [2.24, 2.45) is 0 Å². The summed E-state index contributed by atoms with van der Waals surface area (Å²) in [6, 6.07) is 14.1. The van der Waals surface area contributed by atoms with Crippen LogP contribution >= 0.6 is 40.4 Å². The van der Waals surface area contributed by atoms with E-state index in [4.69, 9.17) is 24.4 Å². The second-order valence-corrected chi connectivity index (χ2v) is 5.54. The Morgan fingerprint density at radius 2 is 1.29 bits per heavy atom. The van der Waals surface area contributed by atoms with Crippen LogP contribution in [-0.2, 0) is 0 Å². The van der Waals surface area contributed by atoms with Gasteiger partial charge in [-0.15, -0.1) is 0 Å². The highest BCUT2D eigenvalue weighted by Gasteiger charge is 2.25. The Morgan fingerprint density at radius 1 is 0.706 bits per heavy atom. The lowest BCUT2D eigenvalue weighted by Gasteiger charge is -2.22. The summed E-state index contributed by atoms with van der Waals surface area (Å²) in [5.74, 6) is 0. The second kappa shape index (κ2) is 4.09. The summed E-state index contributed by atoms with van der Waals surface area (Å²) in [6.07, 6.45) is 0. The molecule has 0 radical (unpaired) electrons. The number of thiocarbonyl (C=S) groups is 2. The van der Waals surface area contributed by atoms with Gasteiger partial charge in [0.1, 0.15) is 0 Å². The Hall–Kier alpha value is -0.900. The first-order valence-corrected chi connectivity index (χ1v) is 6.78. The first kappa shape index (κ1) is 11.2. The van der Waals surface area contributed by atoms with Crippen molar-refractivity contribution in [1.29, 1.82) is 0 Å². The van der Waals surface area contributed by atoms with Crippen LogP contribution in [0.4, 0.5) is 0 Å². The van der Waals surface area contributed by atoms with Crippen molar-refractivity contribution in [2.75, 3.05) is 0 Å². The Labute approximate surface area is 119 Å². The minimum atomic E-state index is 0.872. The molecule has 0 heterocycles. The molecule has 0 N–H and O–H groups in total. The fourth-order valence-corrected chi connectivity index (χ4v) is 3.54. The van der Waals surface area contributed by atoms with Gasteiger partial charge in [0.25, 0.3) is 0 Å². The smallest absolute Gasteiger partial charge is 0.0546 e. The highest BCUT2D eigenvalue weighted by Crippen LogP contribution is 2.32. The van der Waals surface area contributed by atoms with Crippen molar-refractivity contribution in [3.63, 3.8) is 0 Å². The molecule has 0 atom stereocenters. The van der Waals surface area contributed by atoms with Gasteiger partial charge in [0.05, 0.1) is 9.73 Å². The summed E-state index contributed by atoms with van der Waals surface area (Å²) in [5, 5.41) is 0. The molecule has 0 saturated heterocycles. The third-order valence-corrected chi connectivity index (χ3v) is 4.43.